The van der Waals surface area contributed by atoms with Gasteiger partial charge in [0.2, 0.25) is 0 Å². The molecule has 1 rings (SSSR count). The summed E-state index contributed by atoms with van der Waals surface area (Å²) in [6, 6.07) is 0.204. The quantitative estimate of drug-likeness (QED) is 0.728. The van der Waals surface area contributed by atoms with Gasteiger partial charge in [0.1, 0.15) is 0 Å². The zero-order chi connectivity index (χ0) is 11.8. The topological polar surface area (TPSA) is 44.5 Å². The van der Waals surface area contributed by atoms with Crippen LogP contribution in [0.5, 0.6) is 0 Å². The highest BCUT2D eigenvalue weighted by molar-refractivity contribution is 4.73. The Morgan fingerprint density at radius 2 is 2.00 bits per heavy atom. The second-order valence-corrected chi connectivity index (χ2v) is 4.79. The zero-order valence-corrected chi connectivity index (χ0v) is 10.8. The summed E-state index contributed by atoms with van der Waals surface area (Å²) in [5.74, 6) is 0.677. The van der Waals surface area contributed by atoms with Crippen molar-refractivity contribution >= 4 is 0 Å². The number of ether oxygens (including phenoxy) is 2. The van der Waals surface area contributed by atoms with Crippen LogP contribution in [-0.2, 0) is 9.47 Å². The van der Waals surface area contributed by atoms with E-state index in [1.54, 1.807) is 0 Å². The second-order valence-electron chi connectivity index (χ2n) is 4.79. The summed E-state index contributed by atoms with van der Waals surface area (Å²) in [4.78, 5) is 0. The average molecular weight is 229 g/mol. The van der Waals surface area contributed by atoms with Gasteiger partial charge in [-0.3, -0.25) is 0 Å². The van der Waals surface area contributed by atoms with E-state index in [2.05, 4.69) is 13.8 Å². The van der Waals surface area contributed by atoms with Crippen LogP contribution < -0.4 is 5.73 Å². The maximum absolute atomic E-state index is 6.10. The average Bonchev–Trinajstić information content (AvgIpc) is 2.31. The Hall–Kier alpha value is -0.120. The lowest BCUT2D eigenvalue weighted by Crippen LogP contribution is -2.37. The lowest BCUT2D eigenvalue weighted by atomic mass is 10.0. The van der Waals surface area contributed by atoms with Crippen molar-refractivity contribution < 1.29 is 9.47 Å². The lowest BCUT2D eigenvalue weighted by molar-refractivity contribution is -0.0216. The molecule has 0 radical (unpaired) electrons. The molecule has 1 fully saturated rings. The fourth-order valence-electron chi connectivity index (χ4n) is 2.24. The van der Waals surface area contributed by atoms with Gasteiger partial charge in [0, 0.05) is 19.3 Å². The highest BCUT2D eigenvalue weighted by Gasteiger charge is 2.19. The molecule has 1 aliphatic heterocycles. The molecule has 0 aliphatic carbocycles. The van der Waals surface area contributed by atoms with Gasteiger partial charge in [0.15, 0.2) is 0 Å². The third-order valence-corrected chi connectivity index (χ3v) is 3.39. The van der Waals surface area contributed by atoms with Crippen molar-refractivity contribution in [3.8, 4) is 0 Å². The van der Waals surface area contributed by atoms with Gasteiger partial charge in [0.05, 0.1) is 12.7 Å². The van der Waals surface area contributed by atoms with E-state index in [1.165, 1.54) is 0 Å². The van der Waals surface area contributed by atoms with E-state index < -0.39 is 0 Å². The molecule has 3 heteroatoms. The Morgan fingerprint density at radius 1 is 1.31 bits per heavy atom. The van der Waals surface area contributed by atoms with E-state index in [0.29, 0.717) is 5.92 Å². The molecule has 2 unspecified atom stereocenters. The lowest BCUT2D eigenvalue weighted by Gasteiger charge is -2.27. The van der Waals surface area contributed by atoms with Crippen molar-refractivity contribution in [2.24, 2.45) is 11.7 Å². The summed E-state index contributed by atoms with van der Waals surface area (Å²) >= 11 is 0. The predicted molar refractivity (Wildman–Crippen MR) is 66.5 cm³/mol. The Balaban J connectivity index is 2.21. The monoisotopic (exact) mass is 229 g/mol. The Morgan fingerprint density at radius 3 is 2.56 bits per heavy atom. The van der Waals surface area contributed by atoms with Crippen molar-refractivity contribution in [3.05, 3.63) is 0 Å². The van der Waals surface area contributed by atoms with Crippen LogP contribution >= 0.6 is 0 Å². The summed E-state index contributed by atoms with van der Waals surface area (Å²) in [6.45, 7) is 6.98. The van der Waals surface area contributed by atoms with Gasteiger partial charge in [-0.25, -0.2) is 0 Å². The van der Waals surface area contributed by atoms with E-state index in [9.17, 15) is 0 Å². The SMILES string of the molecule is CCCC(N)C(CC)OCC1CCOCC1. The van der Waals surface area contributed by atoms with E-state index in [-0.39, 0.29) is 12.1 Å². The van der Waals surface area contributed by atoms with Crippen molar-refractivity contribution in [2.45, 2.75) is 58.1 Å². The first-order valence-electron chi connectivity index (χ1n) is 6.72. The van der Waals surface area contributed by atoms with Gasteiger partial charge < -0.3 is 15.2 Å². The molecule has 96 valence electrons. The molecule has 1 saturated heterocycles. The molecule has 3 nitrogen and oxygen atoms in total. The van der Waals surface area contributed by atoms with Crippen LogP contribution in [0.15, 0.2) is 0 Å². The largest absolute Gasteiger partial charge is 0.381 e. The predicted octanol–water partition coefficient (Wildman–Crippen LogP) is 2.34. The number of hydrogen-bond donors (Lipinski definition) is 1. The van der Waals surface area contributed by atoms with Crippen molar-refractivity contribution in [3.63, 3.8) is 0 Å². The maximum Gasteiger partial charge on any atom is 0.0723 e. The van der Waals surface area contributed by atoms with Crippen LogP contribution in [0, 0.1) is 5.92 Å². The molecular weight excluding hydrogens is 202 g/mol. The van der Waals surface area contributed by atoms with Crippen molar-refractivity contribution in [2.75, 3.05) is 19.8 Å². The summed E-state index contributed by atoms with van der Waals surface area (Å²) in [6.07, 6.45) is 5.73. The molecule has 2 N–H and O–H groups in total. The van der Waals surface area contributed by atoms with Crippen LogP contribution in [-0.4, -0.2) is 32.0 Å². The maximum atomic E-state index is 6.10. The number of hydrogen-bond acceptors (Lipinski definition) is 3. The van der Waals surface area contributed by atoms with E-state index in [4.69, 9.17) is 15.2 Å². The molecule has 1 heterocycles. The zero-order valence-electron chi connectivity index (χ0n) is 10.8. The van der Waals surface area contributed by atoms with Gasteiger partial charge in [0.25, 0.3) is 0 Å². The molecule has 0 aromatic heterocycles. The van der Waals surface area contributed by atoms with Crippen molar-refractivity contribution in [1.29, 1.82) is 0 Å². The third kappa shape index (κ3) is 4.81. The Kier molecular flexibility index (Phi) is 7.01. The normalized spacial score (nSPS) is 21.9. The minimum atomic E-state index is 0.204. The van der Waals surface area contributed by atoms with Gasteiger partial charge in [-0.15, -0.1) is 0 Å². The van der Waals surface area contributed by atoms with Gasteiger partial charge in [-0.05, 0) is 31.6 Å². The summed E-state index contributed by atoms with van der Waals surface area (Å²) in [5.41, 5.74) is 6.10. The number of rotatable bonds is 7. The smallest absolute Gasteiger partial charge is 0.0723 e. The minimum Gasteiger partial charge on any atom is -0.381 e. The summed E-state index contributed by atoms with van der Waals surface area (Å²) < 4.78 is 11.3. The standard InChI is InChI=1S/C13H27NO2/c1-3-5-12(14)13(4-2)16-10-11-6-8-15-9-7-11/h11-13H,3-10,14H2,1-2H3. The highest BCUT2D eigenvalue weighted by atomic mass is 16.5. The Bertz CT molecular complexity index is 169. The van der Waals surface area contributed by atoms with Crippen LogP contribution in [0.2, 0.25) is 0 Å². The summed E-state index contributed by atoms with van der Waals surface area (Å²) in [5, 5.41) is 0. The van der Waals surface area contributed by atoms with E-state index in [1.807, 2.05) is 0 Å². The van der Waals surface area contributed by atoms with Gasteiger partial charge >= 0.3 is 0 Å². The van der Waals surface area contributed by atoms with Crippen LogP contribution in [0.3, 0.4) is 0 Å². The number of nitrogens with two attached hydrogens (primary N) is 1. The first-order valence-corrected chi connectivity index (χ1v) is 6.72. The van der Waals surface area contributed by atoms with Gasteiger partial charge in [-0.2, -0.15) is 0 Å². The van der Waals surface area contributed by atoms with Crippen LogP contribution in [0.4, 0.5) is 0 Å². The molecule has 2 atom stereocenters. The first kappa shape index (κ1) is 13.9. The van der Waals surface area contributed by atoms with Crippen molar-refractivity contribution in [1.82, 2.24) is 0 Å². The molecule has 0 amide bonds. The Labute approximate surface area is 99.7 Å². The van der Waals surface area contributed by atoms with E-state index in [0.717, 1.165) is 51.9 Å². The molecule has 0 aromatic rings. The molecule has 0 bridgehead atoms. The fraction of sp³-hybridized carbons (Fsp3) is 1.00. The fourth-order valence-corrected chi connectivity index (χ4v) is 2.24. The molecule has 0 saturated carbocycles. The van der Waals surface area contributed by atoms with Gasteiger partial charge in [-0.1, -0.05) is 20.3 Å². The second kappa shape index (κ2) is 8.04. The molecule has 1 aliphatic rings. The van der Waals surface area contributed by atoms with Crippen LogP contribution in [0.25, 0.3) is 0 Å². The third-order valence-electron chi connectivity index (χ3n) is 3.39. The molecule has 16 heavy (non-hydrogen) atoms. The first-order chi connectivity index (χ1) is 7.77. The highest BCUT2D eigenvalue weighted by Crippen LogP contribution is 2.17. The molecule has 0 aromatic carbocycles. The molecular formula is C13H27NO2. The van der Waals surface area contributed by atoms with Crippen LogP contribution in [0.1, 0.15) is 46.0 Å². The molecule has 0 spiro atoms. The minimum absolute atomic E-state index is 0.204. The summed E-state index contributed by atoms with van der Waals surface area (Å²) in [7, 11) is 0. The van der Waals surface area contributed by atoms with E-state index >= 15 is 0 Å².